The molecule has 0 aliphatic rings. The second-order valence-corrected chi connectivity index (χ2v) is 3.50. The molecule has 0 aliphatic heterocycles. The molecular weight excluding hydrogens is 186 g/mol. The molecule has 0 saturated carbocycles. The Bertz CT molecular complexity index is 210. The molecule has 0 spiro atoms. The Morgan fingerprint density at radius 2 is 1.92 bits per heavy atom. The first-order chi connectivity index (χ1) is 4.83. The molecule has 0 heterocycles. The zero-order valence-corrected chi connectivity index (χ0v) is 8.22. The van der Waals surface area contributed by atoms with Crippen molar-refractivity contribution in [3.05, 3.63) is 0 Å². The Hall–Kier alpha value is -0.210. The minimum Gasteiger partial charge on any atom is -0.365 e. The lowest BCUT2D eigenvalue weighted by molar-refractivity contribution is -0.125. The number of aliphatic hydroxyl groups is 1. The van der Waals surface area contributed by atoms with Crippen molar-refractivity contribution in [2.75, 3.05) is 7.11 Å². The lowest BCUT2D eigenvalue weighted by atomic mass is 10.3. The minimum absolute atomic E-state index is 0. The summed E-state index contributed by atoms with van der Waals surface area (Å²) < 4.78 is 29.3. The van der Waals surface area contributed by atoms with Crippen molar-refractivity contribution in [3.8, 4) is 0 Å². The molecule has 0 aromatic rings. The maximum Gasteiger partial charge on any atom is 0.402 e. The van der Waals surface area contributed by atoms with Crippen LogP contribution in [0, 0.1) is 0 Å². The Labute approximate surface area is 72.4 Å². The van der Waals surface area contributed by atoms with Gasteiger partial charge in [-0.05, 0) is 13.3 Å². The van der Waals surface area contributed by atoms with Crippen molar-refractivity contribution in [2.24, 2.45) is 0 Å². The smallest absolute Gasteiger partial charge is 0.365 e. The lowest BCUT2D eigenvalue weighted by Crippen LogP contribution is -2.30. The van der Waals surface area contributed by atoms with Gasteiger partial charge in [-0.2, -0.15) is 8.42 Å². The van der Waals surface area contributed by atoms with Crippen molar-refractivity contribution in [3.63, 3.8) is 0 Å². The molecule has 76 valence electrons. The van der Waals surface area contributed by atoms with E-state index in [1.807, 2.05) is 0 Å². The maximum absolute atomic E-state index is 10.6. The van der Waals surface area contributed by atoms with Crippen LogP contribution in [-0.4, -0.2) is 26.4 Å². The van der Waals surface area contributed by atoms with E-state index in [1.165, 1.54) is 6.92 Å². The van der Waals surface area contributed by atoms with E-state index in [0.717, 1.165) is 7.11 Å². The van der Waals surface area contributed by atoms with Crippen LogP contribution < -0.4 is 6.15 Å². The van der Waals surface area contributed by atoms with Crippen LogP contribution in [0.2, 0.25) is 0 Å². The first-order valence-corrected chi connectivity index (χ1v) is 4.40. The summed E-state index contributed by atoms with van der Waals surface area (Å²) in [6.07, 6.45) is 0.162. The largest absolute Gasteiger partial charge is 0.402 e. The number of rotatable bonds is 4. The molecule has 0 amide bonds. The van der Waals surface area contributed by atoms with Crippen LogP contribution in [0.1, 0.15) is 20.3 Å². The highest BCUT2D eigenvalue weighted by Crippen LogP contribution is 2.14. The molecule has 0 aromatic carbocycles. The quantitative estimate of drug-likeness (QED) is 0.628. The summed E-state index contributed by atoms with van der Waals surface area (Å²) in [5.41, 5.74) is 0. The molecule has 12 heavy (non-hydrogen) atoms. The molecule has 0 bridgehead atoms. The molecule has 0 aromatic heterocycles. The Morgan fingerprint density at radius 1 is 1.50 bits per heavy atom. The average molecular weight is 201 g/mol. The van der Waals surface area contributed by atoms with E-state index in [0.29, 0.717) is 0 Å². The summed E-state index contributed by atoms with van der Waals surface area (Å²) in [6, 6.07) is 0. The van der Waals surface area contributed by atoms with Gasteiger partial charge in [0.15, 0.2) is 5.79 Å². The first kappa shape index (κ1) is 14.3. The molecule has 0 fully saturated rings. The molecule has 0 aliphatic carbocycles. The first-order valence-electron chi connectivity index (χ1n) is 3.06. The third-order valence-electron chi connectivity index (χ3n) is 1.14. The summed E-state index contributed by atoms with van der Waals surface area (Å²) in [4.78, 5) is 0. The average Bonchev–Trinajstić information content (AvgIpc) is 1.86. The monoisotopic (exact) mass is 201 g/mol. The second kappa shape index (κ2) is 4.73. The van der Waals surface area contributed by atoms with E-state index in [1.54, 1.807) is 6.92 Å². The third kappa shape index (κ3) is 5.44. The highest BCUT2D eigenvalue weighted by atomic mass is 32.3. The standard InChI is InChI=1S/C5H12O5S.H3N/c1-4-5(2,6)10-11(7,8)9-3;/h6H,4H2,1-3H3;1H3. The fourth-order valence-corrected chi connectivity index (χ4v) is 0.938. The lowest BCUT2D eigenvalue weighted by Gasteiger charge is -2.19. The van der Waals surface area contributed by atoms with Gasteiger partial charge in [0.1, 0.15) is 0 Å². The van der Waals surface area contributed by atoms with Gasteiger partial charge in [0.25, 0.3) is 0 Å². The van der Waals surface area contributed by atoms with Crippen LogP contribution in [0.4, 0.5) is 0 Å². The Morgan fingerprint density at radius 3 is 2.17 bits per heavy atom. The molecule has 0 saturated heterocycles. The molecule has 4 N–H and O–H groups in total. The summed E-state index contributed by atoms with van der Waals surface area (Å²) >= 11 is 0. The predicted molar refractivity (Wildman–Crippen MR) is 43.0 cm³/mol. The van der Waals surface area contributed by atoms with Gasteiger partial charge in [-0.1, -0.05) is 6.92 Å². The van der Waals surface area contributed by atoms with Gasteiger partial charge in [-0.15, -0.1) is 0 Å². The number of hydrogen-bond donors (Lipinski definition) is 2. The van der Waals surface area contributed by atoms with E-state index in [-0.39, 0.29) is 12.6 Å². The molecular formula is C5H15NO5S. The third-order valence-corrected chi connectivity index (χ3v) is 2.11. The normalized spacial score (nSPS) is 16.3. The van der Waals surface area contributed by atoms with Crippen LogP contribution in [0.15, 0.2) is 0 Å². The molecule has 0 rings (SSSR count). The van der Waals surface area contributed by atoms with Gasteiger partial charge in [-0.3, -0.25) is 4.18 Å². The summed E-state index contributed by atoms with van der Waals surface area (Å²) in [6.45, 7) is 2.83. The van der Waals surface area contributed by atoms with Crippen LogP contribution in [-0.2, 0) is 18.8 Å². The van der Waals surface area contributed by atoms with Crippen molar-refractivity contribution >= 4 is 10.4 Å². The van der Waals surface area contributed by atoms with Crippen molar-refractivity contribution in [1.29, 1.82) is 0 Å². The van der Waals surface area contributed by atoms with Gasteiger partial charge in [0.2, 0.25) is 0 Å². The van der Waals surface area contributed by atoms with Crippen LogP contribution in [0.25, 0.3) is 0 Å². The van der Waals surface area contributed by atoms with Gasteiger partial charge < -0.3 is 11.3 Å². The van der Waals surface area contributed by atoms with Crippen LogP contribution in [0.5, 0.6) is 0 Å². The Kier molecular flexibility index (Phi) is 5.64. The van der Waals surface area contributed by atoms with Gasteiger partial charge in [-0.25, -0.2) is 4.18 Å². The molecule has 0 radical (unpaired) electrons. The van der Waals surface area contributed by atoms with E-state index in [4.69, 9.17) is 5.11 Å². The van der Waals surface area contributed by atoms with E-state index < -0.39 is 16.2 Å². The molecule has 7 heteroatoms. The fraction of sp³-hybridized carbons (Fsp3) is 1.00. The molecule has 1 atom stereocenters. The van der Waals surface area contributed by atoms with Crippen molar-refractivity contribution < 1.29 is 21.9 Å². The highest BCUT2D eigenvalue weighted by molar-refractivity contribution is 7.81. The predicted octanol–water partition coefficient (Wildman–Crippen LogP) is 0.175. The second-order valence-electron chi connectivity index (χ2n) is 2.19. The van der Waals surface area contributed by atoms with E-state index >= 15 is 0 Å². The van der Waals surface area contributed by atoms with E-state index in [9.17, 15) is 8.42 Å². The number of hydrogen-bond acceptors (Lipinski definition) is 6. The molecule has 6 nitrogen and oxygen atoms in total. The molecule has 1 unspecified atom stereocenters. The van der Waals surface area contributed by atoms with Crippen LogP contribution in [0.3, 0.4) is 0 Å². The van der Waals surface area contributed by atoms with Crippen molar-refractivity contribution in [2.45, 2.75) is 26.1 Å². The van der Waals surface area contributed by atoms with Gasteiger partial charge in [0.05, 0.1) is 7.11 Å². The zero-order valence-electron chi connectivity index (χ0n) is 7.40. The fourth-order valence-electron chi connectivity index (χ4n) is 0.313. The van der Waals surface area contributed by atoms with Crippen molar-refractivity contribution in [1.82, 2.24) is 6.15 Å². The van der Waals surface area contributed by atoms with Gasteiger partial charge >= 0.3 is 10.4 Å². The maximum atomic E-state index is 10.6. The zero-order chi connectivity index (χ0) is 9.12. The minimum atomic E-state index is -4.04. The van der Waals surface area contributed by atoms with E-state index in [2.05, 4.69) is 8.37 Å². The Balaban J connectivity index is 0. The summed E-state index contributed by atoms with van der Waals surface area (Å²) in [5, 5.41) is 9.11. The highest BCUT2D eigenvalue weighted by Gasteiger charge is 2.26. The SMILES string of the molecule is CCC(C)(O)OS(=O)(=O)OC.N. The topological polar surface area (TPSA) is 108 Å². The van der Waals surface area contributed by atoms with Crippen LogP contribution >= 0.6 is 0 Å². The summed E-state index contributed by atoms with van der Waals surface area (Å²) in [5.74, 6) is -1.69. The summed E-state index contributed by atoms with van der Waals surface area (Å²) in [7, 11) is -3.08. The van der Waals surface area contributed by atoms with Gasteiger partial charge in [0, 0.05) is 0 Å².